The molecule has 1 aromatic carbocycles. The van der Waals surface area contributed by atoms with Gasteiger partial charge in [-0.25, -0.2) is 0 Å². The molecule has 3 rings (SSSR count). The predicted molar refractivity (Wildman–Crippen MR) is 92.2 cm³/mol. The van der Waals surface area contributed by atoms with Gasteiger partial charge in [0.25, 0.3) is 5.69 Å². The Kier molecular flexibility index (Phi) is 4.98. The van der Waals surface area contributed by atoms with Crippen LogP contribution < -0.4 is 16.0 Å². The van der Waals surface area contributed by atoms with E-state index >= 15 is 0 Å². The maximum Gasteiger partial charge on any atom is 0.271 e. The van der Waals surface area contributed by atoms with E-state index in [-0.39, 0.29) is 36.0 Å². The van der Waals surface area contributed by atoms with Crippen molar-refractivity contribution in [2.24, 2.45) is 0 Å². The lowest BCUT2D eigenvalue weighted by molar-refractivity contribution is -0.384. The van der Waals surface area contributed by atoms with Gasteiger partial charge in [-0.3, -0.25) is 19.7 Å². The number of rotatable bonds is 4. The van der Waals surface area contributed by atoms with Crippen LogP contribution in [0, 0.1) is 17.0 Å². The number of carbonyl (C=O) groups is 2. The normalized spacial score (nSPS) is 25.6. The molecule has 1 saturated heterocycles. The van der Waals surface area contributed by atoms with E-state index in [0.717, 1.165) is 31.2 Å². The zero-order valence-electron chi connectivity index (χ0n) is 14.1. The Morgan fingerprint density at radius 1 is 1.32 bits per heavy atom. The second kappa shape index (κ2) is 7.18. The third kappa shape index (κ3) is 3.96. The minimum atomic E-state index is -0.571. The summed E-state index contributed by atoms with van der Waals surface area (Å²) in [4.78, 5) is 34.9. The molecule has 3 unspecified atom stereocenters. The van der Waals surface area contributed by atoms with Gasteiger partial charge in [0.05, 0.1) is 23.1 Å². The van der Waals surface area contributed by atoms with Crippen molar-refractivity contribution < 1.29 is 14.5 Å². The number of hydrogen-bond acceptors (Lipinski definition) is 5. The molecule has 0 aromatic heterocycles. The zero-order chi connectivity index (χ0) is 18.0. The predicted octanol–water partition coefficient (Wildman–Crippen LogP) is 1.63. The Hall–Kier alpha value is -2.48. The summed E-state index contributed by atoms with van der Waals surface area (Å²) in [7, 11) is 0. The number of non-ortho nitro benzene ring substituents is 1. The molecule has 0 radical (unpaired) electrons. The number of aryl methyl sites for hydroxylation is 1. The first kappa shape index (κ1) is 17.3. The van der Waals surface area contributed by atoms with Gasteiger partial charge in [0.15, 0.2) is 0 Å². The van der Waals surface area contributed by atoms with Crippen LogP contribution in [0.5, 0.6) is 0 Å². The molecule has 1 saturated carbocycles. The average Bonchev–Trinajstić information content (AvgIpc) is 2.57. The molecule has 1 aliphatic heterocycles. The highest BCUT2D eigenvalue weighted by molar-refractivity contribution is 5.96. The number of amides is 2. The fourth-order valence-corrected chi connectivity index (χ4v) is 3.52. The summed E-state index contributed by atoms with van der Waals surface area (Å²) in [5.74, 6) is -0.500. The third-order valence-electron chi connectivity index (χ3n) is 4.92. The van der Waals surface area contributed by atoms with Crippen LogP contribution in [-0.4, -0.2) is 34.9 Å². The van der Waals surface area contributed by atoms with Crippen LogP contribution in [-0.2, 0) is 9.59 Å². The van der Waals surface area contributed by atoms with Gasteiger partial charge in [-0.2, -0.15) is 0 Å². The Morgan fingerprint density at radius 3 is 2.76 bits per heavy atom. The van der Waals surface area contributed by atoms with E-state index < -0.39 is 11.0 Å². The Labute approximate surface area is 145 Å². The summed E-state index contributed by atoms with van der Waals surface area (Å²) in [6, 6.07) is 4.11. The first-order valence-electron chi connectivity index (χ1n) is 8.55. The molecule has 1 aliphatic carbocycles. The van der Waals surface area contributed by atoms with Crippen LogP contribution in [0.15, 0.2) is 18.2 Å². The number of nitrogens with zero attached hydrogens (tertiary/aromatic N) is 1. The molecule has 8 nitrogen and oxygen atoms in total. The molecule has 2 amide bonds. The fourth-order valence-electron chi connectivity index (χ4n) is 3.52. The number of fused-ring (bicyclic) bond motifs is 1. The number of nitro benzene ring substituents is 1. The largest absolute Gasteiger partial charge is 0.350 e. The first-order chi connectivity index (χ1) is 11.9. The van der Waals surface area contributed by atoms with E-state index in [1.54, 1.807) is 13.0 Å². The van der Waals surface area contributed by atoms with Gasteiger partial charge in [0.1, 0.15) is 0 Å². The molecular formula is C17H22N4O4. The van der Waals surface area contributed by atoms with Crippen LogP contribution in [0.1, 0.15) is 37.7 Å². The second-order valence-electron chi connectivity index (χ2n) is 6.73. The summed E-state index contributed by atoms with van der Waals surface area (Å²) in [6.07, 6.45) is 4.19. The van der Waals surface area contributed by atoms with Gasteiger partial charge in [0.2, 0.25) is 11.8 Å². The Morgan fingerprint density at radius 2 is 2.04 bits per heavy atom. The van der Waals surface area contributed by atoms with Gasteiger partial charge in [-0.05, 0) is 25.3 Å². The summed E-state index contributed by atoms with van der Waals surface area (Å²) >= 11 is 0. The van der Waals surface area contributed by atoms with Crippen molar-refractivity contribution in [1.29, 1.82) is 0 Å². The smallest absolute Gasteiger partial charge is 0.271 e. The summed E-state index contributed by atoms with van der Waals surface area (Å²) in [6.45, 7) is 1.76. The topological polar surface area (TPSA) is 113 Å². The molecule has 25 heavy (non-hydrogen) atoms. The van der Waals surface area contributed by atoms with Crippen LogP contribution in [0.4, 0.5) is 11.4 Å². The van der Waals surface area contributed by atoms with Crippen molar-refractivity contribution >= 4 is 23.2 Å². The number of anilines is 1. The first-order valence-corrected chi connectivity index (χ1v) is 8.55. The van der Waals surface area contributed by atoms with Crippen molar-refractivity contribution in [2.45, 2.75) is 57.2 Å². The van der Waals surface area contributed by atoms with Gasteiger partial charge in [-0.1, -0.05) is 18.9 Å². The highest BCUT2D eigenvalue weighted by Gasteiger charge is 2.37. The van der Waals surface area contributed by atoms with Gasteiger partial charge >= 0.3 is 0 Å². The summed E-state index contributed by atoms with van der Waals surface area (Å²) < 4.78 is 0. The minimum Gasteiger partial charge on any atom is -0.350 e. The lowest BCUT2D eigenvalue weighted by atomic mass is 9.87. The van der Waals surface area contributed by atoms with Crippen molar-refractivity contribution in [3.05, 3.63) is 33.9 Å². The van der Waals surface area contributed by atoms with Crippen LogP contribution in [0.3, 0.4) is 0 Å². The fraction of sp³-hybridized carbons (Fsp3) is 0.529. The van der Waals surface area contributed by atoms with E-state index in [9.17, 15) is 19.7 Å². The van der Waals surface area contributed by atoms with E-state index in [1.807, 2.05) is 0 Å². The minimum absolute atomic E-state index is 0.00279. The van der Waals surface area contributed by atoms with E-state index in [0.29, 0.717) is 5.69 Å². The molecule has 0 spiro atoms. The van der Waals surface area contributed by atoms with E-state index in [4.69, 9.17) is 0 Å². The van der Waals surface area contributed by atoms with Crippen molar-refractivity contribution in [2.75, 3.05) is 5.32 Å². The van der Waals surface area contributed by atoms with E-state index in [1.165, 1.54) is 12.1 Å². The van der Waals surface area contributed by atoms with Gasteiger partial charge in [-0.15, -0.1) is 0 Å². The lowest BCUT2D eigenvalue weighted by Crippen LogP contribution is -2.65. The zero-order valence-corrected chi connectivity index (χ0v) is 14.1. The van der Waals surface area contributed by atoms with Gasteiger partial charge in [0, 0.05) is 24.2 Å². The molecule has 3 N–H and O–H groups in total. The molecule has 3 atom stereocenters. The maximum atomic E-state index is 12.3. The SMILES string of the molecule is Cc1ccc([N+](=O)[O-])cc1NC(=O)CC1NC2CCCCC2NC1=O. The van der Waals surface area contributed by atoms with Crippen molar-refractivity contribution in [3.8, 4) is 0 Å². The summed E-state index contributed by atoms with van der Waals surface area (Å²) in [5.41, 5.74) is 1.04. The highest BCUT2D eigenvalue weighted by atomic mass is 16.6. The standard InChI is InChI=1S/C17H22N4O4/c1-10-6-7-11(21(24)25)8-14(10)19-16(22)9-15-17(23)20-13-5-3-2-4-12(13)18-15/h6-8,12-13,15,18H,2-5,9H2,1H3,(H,19,22)(H,20,23). The lowest BCUT2D eigenvalue weighted by Gasteiger charge is -2.40. The number of nitrogens with one attached hydrogen (secondary N) is 3. The third-order valence-corrected chi connectivity index (χ3v) is 4.92. The summed E-state index contributed by atoms with van der Waals surface area (Å²) in [5, 5.41) is 19.8. The molecule has 2 aliphatic rings. The molecule has 134 valence electrons. The van der Waals surface area contributed by atoms with Gasteiger partial charge < -0.3 is 16.0 Å². The molecule has 0 bridgehead atoms. The molecule has 8 heteroatoms. The van der Waals surface area contributed by atoms with Crippen LogP contribution in [0.25, 0.3) is 0 Å². The van der Waals surface area contributed by atoms with Crippen LogP contribution in [0.2, 0.25) is 0 Å². The average molecular weight is 346 g/mol. The molecule has 1 aromatic rings. The Bertz CT molecular complexity index is 706. The molecule has 2 fully saturated rings. The Balaban J connectivity index is 1.63. The number of piperazine rings is 1. The number of benzene rings is 1. The monoisotopic (exact) mass is 346 g/mol. The number of carbonyl (C=O) groups excluding carboxylic acids is 2. The highest BCUT2D eigenvalue weighted by Crippen LogP contribution is 2.24. The molecule has 1 heterocycles. The van der Waals surface area contributed by atoms with Crippen molar-refractivity contribution in [1.82, 2.24) is 10.6 Å². The van der Waals surface area contributed by atoms with E-state index in [2.05, 4.69) is 16.0 Å². The maximum absolute atomic E-state index is 12.3. The second-order valence-corrected chi connectivity index (χ2v) is 6.73. The number of nitro groups is 1. The quantitative estimate of drug-likeness (QED) is 0.566. The van der Waals surface area contributed by atoms with Crippen LogP contribution >= 0.6 is 0 Å². The molecular weight excluding hydrogens is 324 g/mol. The number of hydrogen-bond donors (Lipinski definition) is 3. The van der Waals surface area contributed by atoms with Crippen molar-refractivity contribution in [3.63, 3.8) is 0 Å².